The Morgan fingerprint density at radius 2 is 1.67 bits per heavy atom. The number of amides is 1. The Hall–Kier alpha value is -2.59. The third kappa shape index (κ3) is 6.91. The topological polar surface area (TPSA) is 83.5 Å². The molecule has 0 aliphatic rings. The number of ketones is 1. The zero-order valence-electron chi connectivity index (χ0n) is 13.9. The van der Waals surface area contributed by atoms with Gasteiger partial charge in [0, 0.05) is 6.42 Å². The molecule has 1 atom stereocenters. The molecule has 1 amide bonds. The highest BCUT2D eigenvalue weighted by molar-refractivity contribution is 5.85. The van der Waals surface area contributed by atoms with Crippen molar-refractivity contribution < 1.29 is 45.8 Å². The van der Waals surface area contributed by atoms with Gasteiger partial charge in [-0.2, -0.15) is 26.3 Å². The van der Waals surface area contributed by atoms with Gasteiger partial charge in [-0.1, -0.05) is 6.07 Å². The number of carbonyl (C=O) groups excluding carboxylic acids is 2. The van der Waals surface area contributed by atoms with E-state index in [1.54, 1.807) is 0 Å². The number of carboxylic acids is 1. The number of alkyl halides is 6. The van der Waals surface area contributed by atoms with Crippen LogP contribution in [-0.4, -0.2) is 28.8 Å². The van der Waals surface area contributed by atoms with Crippen molar-refractivity contribution in [2.75, 3.05) is 0 Å². The molecule has 1 rings (SSSR count). The maximum absolute atomic E-state index is 13.0. The highest BCUT2D eigenvalue weighted by Gasteiger charge is 2.38. The third-order valence-electron chi connectivity index (χ3n) is 3.51. The molecule has 5 nitrogen and oxygen atoms in total. The van der Waals surface area contributed by atoms with Crippen molar-refractivity contribution in [2.24, 2.45) is 0 Å². The second-order valence-corrected chi connectivity index (χ2v) is 5.74. The van der Waals surface area contributed by atoms with E-state index in [4.69, 9.17) is 5.11 Å². The molecule has 27 heavy (non-hydrogen) atoms. The van der Waals surface area contributed by atoms with Crippen LogP contribution in [0.15, 0.2) is 18.2 Å². The van der Waals surface area contributed by atoms with Gasteiger partial charge in [0.1, 0.15) is 11.8 Å². The van der Waals surface area contributed by atoms with Crippen LogP contribution in [0.3, 0.4) is 0 Å². The fourth-order valence-electron chi connectivity index (χ4n) is 2.19. The summed E-state index contributed by atoms with van der Waals surface area (Å²) in [6.45, 7) is 1.19. The molecule has 0 unspecified atom stereocenters. The highest BCUT2D eigenvalue weighted by Crippen LogP contribution is 2.37. The Bertz CT molecular complexity index is 727. The van der Waals surface area contributed by atoms with Crippen molar-refractivity contribution >= 4 is 17.7 Å². The molecule has 0 heterocycles. The van der Waals surface area contributed by atoms with Crippen LogP contribution in [0.2, 0.25) is 0 Å². The summed E-state index contributed by atoms with van der Waals surface area (Å²) in [5.74, 6) is -2.97. The zero-order chi connectivity index (χ0) is 21.0. The Balaban J connectivity index is 3.04. The van der Waals surface area contributed by atoms with Gasteiger partial charge in [0.25, 0.3) is 0 Å². The number of Topliss-reactive ketones (excluding diaryl/α,β-unsaturated/α-hetero) is 1. The average Bonchev–Trinajstić information content (AvgIpc) is 2.49. The number of carboxylic acid groups (broad SMARTS) is 1. The number of hydrogen-bond donors (Lipinski definition) is 2. The van der Waals surface area contributed by atoms with E-state index in [9.17, 15) is 40.7 Å². The molecule has 2 N–H and O–H groups in total. The Morgan fingerprint density at radius 3 is 2.11 bits per heavy atom. The summed E-state index contributed by atoms with van der Waals surface area (Å²) in [6, 6.07) is -0.684. The van der Waals surface area contributed by atoms with E-state index in [1.807, 2.05) is 5.32 Å². The Kier molecular flexibility index (Phi) is 6.99. The highest BCUT2D eigenvalue weighted by atomic mass is 19.4. The molecule has 0 aliphatic heterocycles. The number of rotatable bonds is 7. The van der Waals surface area contributed by atoms with Crippen molar-refractivity contribution in [3.8, 4) is 0 Å². The van der Waals surface area contributed by atoms with Gasteiger partial charge in [0.05, 0.1) is 17.5 Å². The molecule has 11 heteroatoms. The van der Waals surface area contributed by atoms with Gasteiger partial charge in [-0.3, -0.25) is 4.79 Å². The zero-order valence-corrected chi connectivity index (χ0v) is 13.9. The number of carbonyl (C=O) groups is 3. The molecule has 0 saturated heterocycles. The molecule has 0 aromatic heterocycles. The van der Waals surface area contributed by atoms with Crippen LogP contribution >= 0.6 is 0 Å². The predicted octanol–water partition coefficient (Wildman–Crippen LogP) is 3.21. The van der Waals surface area contributed by atoms with Crippen LogP contribution in [0.4, 0.5) is 26.3 Å². The van der Waals surface area contributed by atoms with Crippen LogP contribution in [-0.2, 0) is 33.2 Å². The van der Waals surface area contributed by atoms with Gasteiger partial charge in [0.2, 0.25) is 5.91 Å². The summed E-state index contributed by atoms with van der Waals surface area (Å²) in [4.78, 5) is 33.8. The third-order valence-corrected chi connectivity index (χ3v) is 3.51. The lowest BCUT2D eigenvalue weighted by molar-refractivity contribution is -0.144. The lowest BCUT2D eigenvalue weighted by Crippen LogP contribution is -2.42. The number of hydrogen-bond acceptors (Lipinski definition) is 3. The smallest absolute Gasteiger partial charge is 0.416 e. The predicted molar refractivity (Wildman–Crippen MR) is 79.6 cm³/mol. The average molecular weight is 399 g/mol. The fraction of sp³-hybridized carbons (Fsp3) is 0.438. The first kappa shape index (κ1) is 22.5. The second-order valence-electron chi connectivity index (χ2n) is 5.74. The van der Waals surface area contributed by atoms with Gasteiger partial charge in [-0.05, 0) is 31.0 Å². The van der Waals surface area contributed by atoms with Crippen molar-refractivity contribution in [2.45, 2.75) is 44.6 Å². The van der Waals surface area contributed by atoms with Crippen LogP contribution in [0.5, 0.6) is 0 Å². The lowest BCUT2D eigenvalue weighted by Gasteiger charge is -2.17. The first-order chi connectivity index (χ1) is 12.2. The van der Waals surface area contributed by atoms with Crippen molar-refractivity contribution in [1.82, 2.24) is 5.32 Å². The summed E-state index contributed by atoms with van der Waals surface area (Å²) < 4.78 is 77.0. The molecule has 0 radical (unpaired) electrons. The molecular weight excluding hydrogens is 384 g/mol. The van der Waals surface area contributed by atoms with Crippen molar-refractivity contribution in [1.29, 1.82) is 0 Å². The van der Waals surface area contributed by atoms with Crippen molar-refractivity contribution in [3.05, 3.63) is 34.9 Å². The summed E-state index contributed by atoms with van der Waals surface area (Å²) >= 11 is 0. The summed E-state index contributed by atoms with van der Waals surface area (Å²) in [7, 11) is 0. The minimum absolute atomic E-state index is 0.104. The number of nitrogens with one attached hydrogen (secondary N) is 1. The Morgan fingerprint density at radius 1 is 1.07 bits per heavy atom. The maximum atomic E-state index is 13.0. The first-order valence-corrected chi connectivity index (χ1v) is 7.50. The molecule has 150 valence electrons. The Labute approximate surface area is 149 Å². The molecule has 0 spiro atoms. The molecule has 1 aromatic carbocycles. The van der Waals surface area contributed by atoms with E-state index >= 15 is 0 Å². The van der Waals surface area contributed by atoms with Gasteiger partial charge in [-0.15, -0.1) is 0 Å². The number of halogens is 6. The van der Waals surface area contributed by atoms with E-state index < -0.39 is 53.4 Å². The maximum Gasteiger partial charge on any atom is 0.416 e. The monoisotopic (exact) mass is 399 g/mol. The summed E-state index contributed by atoms with van der Waals surface area (Å²) in [6.07, 6.45) is -11.6. The minimum Gasteiger partial charge on any atom is -0.480 e. The molecule has 1 aromatic rings. The van der Waals surface area contributed by atoms with E-state index in [2.05, 4.69) is 0 Å². The molecule has 0 fully saturated rings. The van der Waals surface area contributed by atoms with E-state index in [0.29, 0.717) is 12.1 Å². The summed E-state index contributed by atoms with van der Waals surface area (Å²) in [5.41, 5.74) is -3.89. The molecule has 0 bridgehead atoms. The van der Waals surface area contributed by atoms with E-state index in [-0.39, 0.29) is 24.7 Å². The van der Waals surface area contributed by atoms with Crippen LogP contribution < -0.4 is 5.32 Å². The normalized spacial score (nSPS) is 13.1. The van der Waals surface area contributed by atoms with Gasteiger partial charge < -0.3 is 15.2 Å². The fourth-order valence-corrected chi connectivity index (χ4v) is 2.19. The number of benzene rings is 1. The van der Waals surface area contributed by atoms with Gasteiger partial charge >= 0.3 is 18.3 Å². The van der Waals surface area contributed by atoms with Crippen LogP contribution in [0.25, 0.3) is 0 Å². The van der Waals surface area contributed by atoms with Gasteiger partial charge in [0.15, 0.2) is 0 Å². The van der Waals surface area contributed by atoms with Crippen LogP contribution in [0.1, 0.15) is 36.5 Å². The number of aliphatic carboxylic acids is 1. The summed E-state index contributed by atoms with van der Waals surface area (Å²) in [5, 5.41) is 10.9. The van der Waals surface area contributed by atoms with E-state index in [0.717, 1.165) is 0 Å². The molecule has 0 saturated carbocycles. The van der Waals surface area contributed by atoms with Crippen LogP contribution in [0, 0.1) is 0 Å². The second kappa shape index (κ2) is 8.40. The van der Waals surface area contributed by atoms with Gasteiger partial charge in [-0.25, -0.2) is 4.79 Å². The first-order valence-electron chi connectivity index (χ1n) is 7.50. The standard InChI is InChI=1S/C16H15F6NO4/c1-8(24)2-5-12(14(26)27)23-13(25)6-9-3-4-10(15(17,18)19)7-11(9)16(20,21)22/h3-4,7,12H,2,5-6H2,1H3,(H,23,25)(H,26,27)/t12-/m0/s1. The lowest BCUT2D eigenvalue weighted by atomic mass is 10.00. The van der Waals surface area contributed by atoms with Crippen molar-refractivity contribution in [3.63, 3.8) is 0 Å². The molecule has 0 aliphatic carbocycles. The molecular formula is C16H15F6NO4. The minimum atomic E-state index is -5.14. The largest absolute Gasteiger partial charge is 0.480 e. The quantitative estimate of drug-likeness (QED) is 0.690. The van der Waals surface area contributed by atoms with E-state index in [1.165, 1.54) is 6.92 Å². The SMILES string of the molecule is CC(=O)CC[C@H](NC(=O)Cc1ccc(C(F)(F)F)cc1C(F)(F)F)C(=O)O.